The lowest BCUT2D eigenvalue weighted by molar-refractivity contribution is -0.166. The van der Waals surface area contributed by atoms with Gasteiger partial charge in [-0.2, -0.15) is 0 Å². The molecule has 0 aromatic heterocycles. The Morgan fingerprint density at radius 1 is 1.35 bits per heavy atom. The fraction of sp³-hybridized carbons (Fsp3) is 0.944. The van der Waals surface area contributed by atoms with E-state index in [-0.39, 0.29) is 11.9 Å². The number of ether oxygens (including phenoxy) is 1. The van der Waals surface area contributed by atoms with E-state index < -0.39 is 5.72 Å². The van der Waals surface area contributed by atoms with Gasteiger partial charge in [0.25, 0.3) is 0 Å². The van der Waals surface area contributed by atoms with E-state index in [4.69, 9.17) is 4.74 Å². The topological polar surface area (TPSA) is 41.6 Å². The van der Waals surface area contributed by atoms with Crippen molar-refractivity contribution in [2.24, 2.45) is 5.92 Å². The third-order valence-corrected chi connectivity index (χ3v) is 5.78. The number of hydrogen-bond acceptors (Lipinski definition) is 4. The molecule has 0 aliphatic carbocycles. The Labute approximate surface area is 149 Å². The molecule has 0 saturated carbocycles. The maximum Gasteiger partial charge on any atom is 0.310 e. The van der Waals surface area contributed by atoms with Crippen molar-refractivity contribution in [1.29, 1.82) is 0 Å². The molecular formula is C18H33BrN2O2. The van der Waals surface area contributed by atoms with Crippen molar-refractivity contribution in [3.05, 3.63) is 0 Å². The lowest BCUT2D eigenvalue weighted by atomic mass is 10.0. The van der Waals surface area contributed by atoms with Gasteiger partial charge in [-0.3, -0.25) is 15.0 Å². The smallest absolute Gasteiger partial charge is 0.310 e. The predicted octanol–water partition coefficient (Wildman–Crippen LogP) is 3.69. The highest BCUT2D eigenvalue weighted by molar-refractivity contribution is 9.09. The molecule has 23 heavy (non-hydrogen) atoms. The summed E-state index contributed by atoms with van der Waals surface area (Å²) in [4.78, 5) is 14.9. The minimum atomic E-state index is -0.407. The van der Waals surface area contributed by atoms with Crippen LogP contribution in [0.25, 0.3) is 0 Å². The number of carbonyl (C=O) groups is 1. The van der Waals surface area contributed by atoms with E-state index in [1.807, 2.05) is 6.92 Å². The van der Waals surface area contributed by atoms with Crippen LogP contribution in [0.1, 0.15) is 65.2 Å². The standard InChI is InChI=1S/C18H33BrN2O2/c1-3-4-6-9-15(2)17(22)23-18-12-16(13-20-18)21(14-18)11-8-5-7-10-19/h15-16,20H,3-14H2,1-2H3. The van der Waals surface area contributed by atoms with Gasteiger partial charge >= 0.3 is 5.97 Å². The Morgan fingerprint density at radius 3 is 2.91 bits per heavy atom. The molecule has 5 heteroatoms. The van der Waals surface area contributed by atoms with Crippen molar-refractivity contribution >= 4 is 21.9 Å². The molecule has 0 amide bonds. The van der Waals surface area contributed by atoms with E-state index in [1.165, 1.54) is 32.1 Å². The molecule has 0 aromatic rings. The van der Waals surface area contributed by atoms with Crippen molar-refractivity contribution < 1.29 is 9.53 Å². The van der Waals surface area contributed by atoms with Gasteiger partial charge in [0, 0.05) is 24.3 Å². The Morgan fingerprint density at radius 2 is 2.17 bits per heavy atom. The number of halogens is 1. The van der Waals surface area contributed by atoms with Gasteiger partial charge in [0.2, 0.25) is 0 Å². The number of fused-ring (bicyclic) bond motifs is 2. The predicted molar refractivity (Wildman–Crippen MR) is 97.8 cm³/mol. The van der Waals surface area contributed by atoms with Gasteiger partial charge in [-0.05, 0) is 25.8 Å². The molecule has 4 nitrogen and oxygen atoms in total. The molecule has 2 fully saturated rings. The van der Waals surface area contributed by atoms with Crippen LogP contribution in [-0.2, 0) is 9.53 Å². The number of hydrogen-bond donors (Lipinski definition) is 1. The molecule has 134 valence electrons. The summed E-state index contributed by atoms with van der Waals surface area (Å²) in [6.45, 7) is 7.14. The highest BCUT2D eigenvalue weighted by Gasteiger charge is 2.52. The summed E-state index contributed by atoms with van der Waals surface area (Å²) in [5.41, 5.74) is -0.407. The van der Waals surface area contributed by atoms with Gasteiger partial charge in [0.05, 0.1) is 12.5 Å². The fourth-order valence-corrected chi connectivity index (χ4v) is 4.13. The average molecular weight is 389 g/mol. The molecule has 2 rings (SSSR count). The van der Waals surface area contributed by atoms with Crippen LogP contribution < -0.4 is 5.32 Å². The first-order valence-electron chi connectivity index (χ1n) is 9.38. The van der Waals surface area contributed by atoms with Crippen LogP contribution >= 0.6 is 15.9 Å². The second kappa shape index (κ2) is 9.38. The molecular weight excluding hydrogens is 356 g/mol. The maximum atomic E-state index is 12.4. The number of rotatable bonds is 11. The van der Waals surface area contributed by atoms with E-state index in [1.54, 1.807) is 0 Å². The summed E-state index contributed by atoms with van der Waals surface area (Å²) in [6, 6.07) is 0.544. The quantitative estimate of drug-likeness (QED) is 0.333. The van der Waals surface area contributed by atoms with Crippen molar-refractivity contribution in [3.8, 4) is 0 Å². The molecule has 1 N–H and O–H groups in total. The van der Waals surface area contributed by atoms with Gasteiger partial charge in [0.15, 0.2) is 5.72 Å². The van der Waals surface area contributed by atoms with Crippen LogP contribution in [0.4, 0.5) is 0 Å². The molecule has 2 heterocycles. The zero-order valence-electron chi connectivity index (χ0n) is 14.8. The molecule has 2 saturated heterocycles. The second-order valence-corrected chi connectivity index (χ2v) is 8.06. The van der Waals surface area contributed by atoms with E-state index in [0.29, 0.717) is 6.04 Å². The highest BCUT2D eigenvalue weighted by atomic mass is 79.9. The number of nitrogens with zero attached hydrogens (tertiary/aromatic N) is 1. The maximum absolute atomic E-state index is 12.4. The SMILES string of the molecule is CCCCCC(C)C(=O)OC12CC(CN1)N(CCCCCBr)C2. The minimum absolute atomic E-state index is 0.0182. The van der Waals surface area contributed by atoms with Crippen LogP contribution in [0, 0.1) is 5.92 Å². The summed E-state index contributed by atoms with van der Waals surface area (Å²) in [5, 5.41) is 4.55. The first-order chi connectivity index (χ1) is 11.1. The molecule has 0 radical (unpaired) electrons. The van der Waals surface area contributed by atoms with Crippen LogP contribution in [0.15, 0.2) is 0 Å². The van der Waals surface area contributed by atoms with E-state index in [2.05, 4.69) is 33.1 Å². The van der Waals surface area contributed by atoms with Gasteiger partial charge in [-0.15, -0.1) is 0 Å². The summed E-state index contributed by atoms with van der Waals surface area (Å²) in [7, 11) is 0. The fourth-order valence-electron chi connectivity index (χ4n) is 3.73. The molecule has 0 spiro atoms. The lowest BCUT2D eigenvalue weighted by Gasteiger charge is -2.33. The van der Waals surface area contributed by atoms with Crippen molar-refractivity contribution in [3.63, 3.8) is 0 Å². The Kier molecular flexibility index (Phi) is 7.83. The lowest BCUT2D eigenvalue weighted by Crippen LogP contribution is -2.54. The monoisotopic (exact) mass is 388 g/mol. The summed E-state index contributed by atoms with van der Waals surface area (Å²) in [5.74, 6) is 0.000135. The zero-order valence-corrected chi connectivity index (χ0v) is 16.4. The number of piperazine rings is 1. The largest absolute Gasteiger partial charge is 0.442 e. The first-order valence-corrected chi connectivity index (χ1v) is 10.5. The highest BCUT2D eigenvalue weighted by Crippen LogP contribution is 2.34. The number of carbonyl (C=O) groups excluding carboxylic acids is 1. The van der Waals surface area contributed by atoms with Gasteiger partial charge in [-0.1, -0.05) is 55.5 Å². The van der Waals surface area contributed by atoms with Crippen molar-refractivity contribution in [1.82, 2.24) is 10.2 Å². The van der Waals surface area contributed by atoms with Gasteiger partial charge < -0.3 is 4.74 Å². The summed E-state index contributed by atoms with van der Waals surface area (Å²) < 4.78 is 5.94. The number of nitrogens with one attached hydrogen (secondary N) is 1. The normalized spacial score (nSPS) is 28.2. The number of unbranched alkanes of at least 4 members (excludes halogenated alkanes) is 4. The Balaban J connectivity index is 1.75. The van der Waals surface area contributed by atoms with Gasteiger partial charge in [-0.25, -0.2) is 0 Å². The van der Waals surface area contributed by atoms with Crippen LogP contribution in [0.5, 0.6) is 0 Å². The third-order valence-electron chi connectivity index (χ3n) is 5.22. The molecule has 2 aliphatic heterocycles. The van der Waals surface area contributed by atoms with Crippen molar-refractivity contribution in [2.45, 2.75) is 77.0 Å². The van der Waals surface area contributed by atoms with Crippen LogP contribution in [0.2, 0.25) is 0 Å². The third kappa shape index (κ3) is 5.43. The number of esters is 1. The molecule has 3 unspecified atom stereocenters. The number of likely N-dealkylation sites (tertiary alicyclic amines) is 1. The molecule has 2 aliphatic rings. The summed E-state index contributed by atoms with van der Waals surface area (Å²) >= 11 is 3.49. The van der Waals surface area contributed by atoms with Crippen molar-refractivity contribution in [2.75, 3.05) is 25.0 Å². The molecule has 0 aromatic carbocycles. The average Bonchev–Trinajstić information content (AvgIpc) is 3.09. The van der Waals surface area contributed by atoms with E-state index in [9.17, 15) is 4.79 Å². The van der Waals surface area contributed by atoms with Gasteiger partial charge in [0.1, 0.15) is 0 Å². The second-order valence-electron chi connectivity index (χ2n) is 7.27. The van der Waals surface area contributed by atoms with Crippen LogP contribution in [-0.4, -0.2) is 47.6 Å². The minimum Gasteiger partial charge on any atom is -0.442 e. The van der Waals surface area contributed by atoms with E-state index in [0.717, 1.165) is 44.2 Å². The Hall–Kier alpha value is -0.130. The molecule has 2 bridgehead atoms. The van der Waals surface area contributed by atoms with Crippen LogP contribution in [0.3, 0.4) is 0 Å². The first kappa shape index (κ1) is 19.2. The van der Waals surface area contributed by atoms with E-state index >= 15 is 0 Å². The Bertz CT molecular complexity index is 380. The number of alkyl halides is 1. The summed E-state index contributed by atoms with van der Waals surface area (Å²) in [6.07, 6.45) is 9.16. The zero-order chi connectivity index (χ0) is 16.7. The molecule has 3 atom stereocenters.